The topological polar surface area (TPSA) is 79.1 Å². The second-order valence-corrected chi connectivity index (χ2v) is 9.68. The number of nitrogens with zero attached hydrogens (tertiary/aromatic N) is 5. The van der Waals surface area contributed by atoms with E-state index in [2.05, 4.69) is 39.4 Å². The van der Waals surface area contributed by atoms with Gasteiger partial charge in [-0.25, -0.2) is 14.4 Å². The van der Waals surface area contributed by atoms with E-state index in [9.17, 15) is 9.50 Å². The maximum Gasteiger partial charge on any atom is 0.229 e. The SMILES string of the molecule is CN1CCc2ccc(Nc3ncc4c(F)cn(-c5ccc6c(n5)[C@](C)(O)CCC6)c4n3)cc2C1. The first-order valence-electron chi connectivity index (χ1n) is 11.7. The summed E-state index contributed by atoms with van der Waals surface area (Å²) in [6.45, 7) is 3.76. The number of anilines is 2. The molecule has 0 saturated heterocycles. The van der Waals surface area contributed by atoms with Gasteiger partial charge in [0, 0.05) is 31.2 Å². The zero-order valence-corrected chi connectivity index (χ0v) is 19.3. The van der Waals surface area contributed by atoms with E-state index >= 15 is 0 Å². The highest BCUT2D eigenvalue weighted by Gasteiger charge is 2.31. The van der Waals surface area contributed by atoms with Crippen molar-refractivity contribution in [2.24, 2.45) is 0 Å². The lowest BCUT2D eigenvalue weighted by Gasteiger charge is -2.30. The average Bonchev–Trinajstić information content (AvgIpc) is 3.14. The molecule has 2 N–H and O–H groups in total. The molecule has 34 heavy (non-hydrogen) atoms. The molecule has 0 unspecified atom stereocenters. The summed E-state index contributed by atoms with van der Waals surface area (Å²) in [6.07, 6.45) is 6.38. The van der Waals surface area contributed by atoms with Crippen molar-refractivity contribution in [3.8, 4) is 5.82 Å². The molecule has 1 aliphatic carbocycles. The van der Waals surface area contributed by atoms with Crippen LogP contribution in [0.2, 0.25) is 0 Å². The Hall–Kier alpha value is -3.36. The van der Waals surface area contributed by atoms with Gasteiger partial charge in [-0.05, 0) is 74.5 Å². The number of nitrogens with one attached hydrogen (secondary N) is 1. The summed E-state index contributed by atoms with van der Waals surface area (Å²) in [6, 6.07) is 10.1. The Bertz CT molecular complexity index is 1410. The molecule has 0 saturated carbocycles. The summed E-state index contributed by atoms with van der Waals surface area (Å²) < 4.78 is 16.4. The van der Waals surface area contributed by atoms with Crippen LogP contribution in [0.3, 0.4) is 0 Å². The molecule has 3 aromatic heterocycles. The number of aryl methyl sites for hydroxylation is 1. The smallest absolute Gasteiger partial charge is 0.229 e. The van der Waals surface area contributed by atoms with Crippen LogP contribution in [0.15, 0.2) is 42.7 Å². The number of benzene rings is 1. The molecular formula is C26H27FN6O. The highest BCUT2D eigenvalue weighted by molar-refractivity contribution is 5.79. The van der Waals surface area contributed by atoms with Gasteiger partial charge in [-0.1, -0.05) is 12.1 Å². The minimum atomic E-state index is -0.993. The fourth-order valence-corrected chi connectivity index (χ4v) is 5.13. The number of hydrogen-bond acceptors (Lipinski definition) is 6. The largest absolute Gasteiger partial charge is 0.384 e. The number of likely N-dealkylation sites (N-methyl/N-ethyl adjacent to an activating group) is 1. The number of aliphatic hydroxyl groups is 1. The molecule has 1 aliphatic heterocycles. The van der Waals surface area contributed by atoms with Gasteiger partial charge in [0.25, 0.3) is 0 Å². The average molecular weight is 459 g/mol. The molecule has 1 aromatic carbocycles. The van der Waals surface area contributed by atoms with Crippen LogP contribution in [0.1, 0.15) is 42.1 Å². The van der Waals surface area contributed by atoms with Gasteiger partial charge in [0.15, 0.2) is 11.5 Å². The van der Waals surface area contributed by atoms with E-state index in [0.29, 0.717) is 34.9 Å². The van der Waals surface area contributed by atoms with E-state index in [0.717, 1.165) is 43.6 Å². The van der Waals surface area contributed by atoms with Gasteiger partial charge < -0.3 is 15.3 Å². The van der Waals surface area contributed by atoms with Gasteiger partial charge in [-0.2, -0.15) is 4.98 Å². The number of hydrogen-bond donors (Lipinski definition) is 2. The van der Waals surface area contributed by atoms with Gasteiger partial charge in [-0.3, -0.25) is 4.57 Å². The molecule has 0 amide bonds. The molecule has 8 heteroatoms. The van der Waals surface area contributed by atoms with Crippen molar-refractivity contribution in [3.63, 3.8) is 0 Å². The van der Waals surface area contributed by atoms with Gasteiger partial charge in [0.1, 0.15) is 11.4 Å². The van der Waals surface area contributed by atoms with E-state index in [4.69, 9.17) is 4.98 Å². The third kappa shape index (κ3) is 3.63. The molecule has 174 valence electrons. The molecular weight excluding hydrogens is 431 g/mol. The predicted octanol–water partition coefficient (Wildman–Crippen LogP) is 4.23. The van der Waals surface area contributed by atoms with Crippen LogP contribution in [0, 0.1) is 5.82 Å². The van der Waals surface area contributed by atoms with E-state index in [1.807, 2.05) is 18.2 Å². The third-order valence-corrected chi connectivity index (χ3v) is 6.99. The minimum Gasteiger partial charge on any atom is -0.384 e. The molecule has 6 rings (SSSR count). The van der Waals surface area contributed by atoms with E-state index in [-0.39, 0.29) is 0 Å². The summed E-state index contributed by atoms with van der Waals surface area (Å²) >= 11 is 0. The fraction of sp³-hybridized carbons (Fsp3) is 0.346. The molecule has 4 aromatic rings. The summed E-state index contributed by atoms with van der Waals surface area (Å²) in [5.41, 5.74) is 4.68. The predicted molar refractivity (Wildman–Crippen MR) is 129 cm³/mol. The van der Waals surface area contributed by atoms with Crippen LogP contribution in [0.4, 0.5) is 16.0 Å². The zero-order chi connectivity index (χ0) is 23.4. The zero-order valence-electron chi connectivity index (χ0n) is 19.3. The number of pyridine rings is 1. The van der Waals surface area contributed by atoms with Crippen molar-refractivity contribution < 1.29 is 9.50 Å². The van der Waals surface area contributed by atoms with Crippen molar-refractivity contribution in [2.75, 3.05) is 18.9 Å². The molecule has 0 spiro atoms. The second kappa shape index (κ2) is 7.85. The fourth-order valence-electron chi connectivity index (χ4n) is 5.13. The van der Waals surface area contributed by atoms with Gasteiger partial charge in [0.05, 0.1) is 11.1 Å². The van der Waals surface area contributed by atoms with Gasteiger partial charge in [0.2, 0.25) is 5.95 Å². The quantitative estimate of drug-likeness (QED) is 0.478. The number of halogens is 1. The molecule has 4 heterocycles. The molecule has 1 atom stereocenters. The molecule has 2 aliphatic rings. The minimum absolute atomic E-state index is 0.323. The van der Waals surface area contributed by atoms with Crippen LogP contribution < -0.4 is 5.32 Å². The summed E-state index contributed by atoms with van der Waals surface area (Å²) in [5.74, 6) is 0.502. The van der Waals surface area contributed by atoms with Crippen molar-refractivity contribution in [2.45, 2.75) is 44.8 Å². The first-order valence-corrected chi connectivity index (χ1v) is 11.7. The Labute approximate surface area is 197 Å². The summed E-state index contributed by atoms with van der Waals surface area (Å²) in [5, 5.41) is 14.4. The third-order valence-electron chi connectivity index (χ3n) is 6.99. The maximum absolute atomic E-state index is 14.8. The number of fused-ring (bicyclic) bond motifs is 3. The first-order chi connectivity index (χ1) is 16.4. The van der Waals surface area contributed by atoms with Crippen LogP contribution >= 0.6 is 0 Å². The molecule has 0 bridgehead atoms. The van der Waals surface area contributed by atoms with Crippen molar-refractivity contribution in [3.05, 3.63) is 70.9 Å². The van der Waals surface area contributed by atoms with Crippen LogP contribution in [0.5, 0.6) is 0 Å². The van der Waals surface area contributed by atoms with Gasteiger partial charge in [-0.15, -0.1) is 0 Å². The Kier molecular flexibility index (Phi) is 4.89. The maximum atomic E-state index is 14.8. The normalized spacial score (nSPS) is 20.2. The number of aromatic nitrogens is 4. The monoisotopic (exact) mass is 458 g/mol. The lowest BCUT2D eigenvalue weighted by atomic mass is 9.84. The Balaban J connectivity index is 1.38. The number of rotatable bonds is 3. The van der Waals surface area contributed by atoms with Crippen LogP contribution in [-0.4, -0.2) is 43.1 Å². The molecule has 0 radical (unpaired) electrons. The summed E-state index contributed by atoms with van der Waals surface area (Å²) in [4.78, 5) is 16.0. The Morgan fingerprint density at radius 2 is 1.94 bits per heavy atom. The Morgan fingerprint density at radius 3 is 2.82 bits per heavy atom. The van der Waals surface area contributed by atoms with Crippen LogP contribution in [0.25, 0.3) is 16.9 Å². The lowest BCUT2D eigenvalue weighted by Crippen LogP contribution is -2.28. The van der Waals surface area contributed by atoms with Crippen molar-refractivity contribution in [1.29, 1.82) is 0 Å². The first kappa shape index (κ1) is 21.2. The van der Waals surface area contributed by atoms with E-state index < -0.39 is 11.4 Å². The highest BCUT2D eigenvalue weighted by atomic mass is 19.1. The molecule has 7 nitrogen and oxygen atoms in total. The highest BCUT2D eigenvalue weighted by Crippen LogP contribution is 2.34. The standard InChI is InChI=1S/C26H27FN6O/c1-26(34)10-3-4-17-6-8-22(30-23(17)26)33-15-21(27)20-13-28-25(31-24(20)33)29-19-7-5-16-9-11-32(2)14-18(16)12-19/h5-8,12-13,15,34H,3-4,9-11,14H2,1-2H3,(H,28,29,31)/t26-/m1/s1. The second-order valence-electron chi connectivity index (χ2n) is 9.68. The Morgan fingerprint density at radius 1 is 1.09 bits per heavy atom. The summed E-state index contributed by atoms with van der Waals surface area (Å²) in [7, 11) is 2.12. The van der Waals surface area contributed by atoms with Gasteiger partial charge >= 0.3 is 0 Å². The lowest BCUT2D eigenvalue weighted by molar-refractivity contribution is 0.0339. The van der Waals surface area contributed by atoms with Crippen LogP contribution in [-0.2, 0) is 25.0 Å². The van der Waals surface area contributed by atoms with E-state index in [1.54, 1.807) is 11.5 Å². The van der Waals surface area contributed by atoms with Crippen molar-refractivity contribution >= 4 is 22.7 Å². The van der Waals surface area contributed by atoms with E-state index in [1.165, 1.54) is 23.5 Å². The molecule has 0 fully saturated rings. The van der Waals surface area contributed by atoms with Crippen molar-refractivity contribution in [1.82, 2.24) is 24.4 Å².